The summed E-state index contributed by atoms with van der Waals surface area (Å²) in [4.78, 5) is 4.69. The van der Waals surface area contributed by atoms with Gasteiger partial charge in [0.05, 0.1) is 6.20 Å². The topological polar surface area (TPSA) is 65.1 Å². The molecule has 3 N–H and O–H groups in total. The lowest BCUT2D eigenvalue weighted by Crippen LogP contribution is -2.42. The number of halogens is 1. The smallest absolute Gasteiger partial charge is 0.191 e. The summed E-state index contributed by atoms with van der Waals surface area (Å²) < 4.78 is 0. The van der Waals surface area contributed by atoms with E-state index in [1.54, 1.807) is 0 Å². The van der Waals surface area contributed by atoms with Crippen LogP contribution in [0.3, 0.4) is 0 Å². The van der Waals surface area contributed by atoms with Crippen molar-refractivity contribution in [3.8, 4) is 0 Å². The molecule has 1 atom stereocenters. The summed E-state index contributed by atoms with van der Waals surface area (Å²) in [5.41, 5.74) is 2.46. The van der Waals surface area contributed by atoms with Gasteiger partial charge >= 0.3 is 0 Å². The van der Waals surface area contributed by atoms with Crippen LogP contribution in [0.2, 0.25) is 0 Å². The van der Waals surface area contributed by atoms with Crippen LogP contribution in [0, 0.1) is 6.92 Å². The van der Waals surface area contributed by atoms with Gasteiger partial charge in [-0.05, 0) is 45.6 Å². The van der Waals surface area contributed by atoms with Gasteiger partial charge in [-0.2, -0.15) is 5.10 Å². The number of guanidine groups is 1. The van der Waals surface area contributed by atoms with Crippen LogP contribution in [0.1, 0.15) is 70.6 Å². The highest BCUT2D eigenvalue weighted by Crippen LogP contribution is 2.06. The Labute approximate surface area is 164 Å². The summed E-state index contributed by atoms with van der Waals surface area (Å²) in [5, 5.41) is 13.9. The van der Waals surface area contributed by atoms with Gasteiger partial charge < -0.3 is 10.6 Å². The zero-order valence-corrected chi connectivity index (χ0v) is 18.2. The molecule has 0 radical (unpaired) electrons. The van der Waals surface area contributed by atoms with Crippen LogP contribution in [-0.4, -0.2) is 35.3 Å². The van der Waals surface area contributed by atoms with Crippen molar-refractivity contribution in [3.05, 3.63) is 17.5 Å². The lowest BCUT2D eigenvalue weighted by molar-refractivity contribution is 0.537. The van der Waals surface area contributed by atoms with Crippen molar-refractivity contribution in [2.24, 2.45) is 4.99 Å². The van der Waals surface area contributed by atoms with Crippen LogP contribution < -0.4 is 10.6 Å². The van der Waals surface area contributed by atoms with E-state index in [-0.39, 0.29) is 24.0 Å². The second kappa shape index (κ2) is 14.5. The molecule has 0 fully saturated rings. The van der Waals surface area contributed by atoms with Gasteiger partial charge in [0.15, 0.2) is 5.96 Å². The highest BCUT2D eigenvalue weighted by Gasteiger charge is 2.05. The molecule has 0 saturated carbocycles. The maximum absolute atomic E-state index is 4.69. The van der Waals surface area contributed by atoms with Gasteiger partial charge in [0.1, 0.15) is 0 Å². The van der Waals surface area contributed by atoms with Crippen molar-refractivity contribution in [3.63, 3.8) is 0 Å². The SMILES string of the molecule is CCCCCCC(C)NC(=NCCCc1cn[nH]c1C)NCC.I. The van der Waals surface area contributed by atoms with Gasteiger partial charge in [0.25, 0.3) is 0 Å². The summed E-state index contributed by atoms with van der Waals surface area (Å²) in [5.74, 6) is 0.944. The molecule has 0 spiro atoms. The second-order valence-corrected chi connectivity index (χ2v) is 6.28. The fraction of sp³-hybridized carbons (Fsp3) is 0.778. The zero-order valence-electron chi connectivity index (χ0n) is 15.8. The molecule has 0 saturated heterocycles. The molecule has 1 unspecified atom stereocenters. The van der Waals surface area contributed by atoms with Crippen molar-refractivity contribution in [2.75, 3.05) is 13.1 Å². The maximum atomic E-state index is 4.69. The monoisotopic (exact) mass is 449 g/mol. The van der Waals surface area contributed by atoms with E-state index in [0.29, 0.717) is 6.04 Å². The van der Waals surface area contributed by atoms with Crippen LogP contribution >= 0.6 is 24.0 Å². The molecule has 1 rings (SSSR count). The Morgan fingerprint density at radius 3 is 2.67 bits per heavy atom. The van der Waals surface area contributed by atoms with E-state index in [4.69, 9.17) is 4.99 Å². The van der Waals surface area contributed by atoms with Crippen molar-refractivity contribution in [1.82, 2.24) is 20.8 Å². The standard InChI is InChI=1S/C18H35N5.HI/c1-5-7-8-9-11-15(3)22-18(19-6-2)20-13-10-12-17-14-21-23-16(17)4;/h14-15H,5-13H2,1-4H3,(H,21,23)(H2,19,20,22);1H. The Kier molecular flexibility index (Phi) is 14.1. The number of nitrogens with one attached hydrogen (secondary N) is 3. The van der Waals surface area contributed by atoms with E-state index < -0.39 is 0 Å². The zero-order chi connectivity index (χ0) is 16.9. The minimum Gasteiger partial charge on any atom is -0.357 e. The number of nitrogens with zero attached hydrogens (tertiary/aromatic N) is 2. The quantitative estimate of drug-likeness (QED) is 0.206. The molecule has 0 aromatic carbocycles. The molecule has 1 heterocycles. The predicted octanol–water partition coefficient (Wildman–Crippen LogP) is 4.18. The third-order valence-electron chi connectivity index (χ3n) is 4.03. The molecule has 0 aliphatic carbocycles. The van der Waals surface area contributed by atoms with E-state index in [0.717, 1.165) is 31.9 Å². The van der Waals surface area contributed by atoms with Gasteiger partial charge in [0, 0.05) is 24.8 Å². The summed E-state index contributed by atoms with van der Waals surface area (Å²) in [7, 11) is 0. The normalized spacial score (nSPS) is 12.6. The molecule has 0 aliphatic rings. The summed E-state index contributed by atoms with van der Waals surface area (Å²) in [6.45, 7) is 10.4. The third kappa shape index (κ3) is 10.2. The largest absolute Gasteiger partial charge is 0.357 e. The molecule has 6 heteroatoms. The first-order chi connectivity index (χ1) is 11.2. The number of hydrogen-bond donors (Lipinski definition) is 3. The Bertz CT molecular complexity index is 444. The van der Waals surface area contributed by atoms with Crippen LogP contribution in [0.4, 0.5) is 0 Å². The Morgan fingerprint density at radius 1 is 1.25 bits per heavy atom. The lowest BCUT2D eigenvalue weighted by atomic mass is 10.1. The average molecular weight is 449 g/mol. The van der Waals surface area contributed by atoms with Crippen LogP contribution in [-0.2, 0) is 6.42 Å². The molecular weight excluding hydrogens is 413 g/mol. The first-order valence-corrected chi connectivity index (χ1v) is 9.21. The summed E-state index contributed by atoms with van der Waals surface area (Å²) >= 11 is 0. The first-order valence-electron chi connectivity index (χ1n) is 9.21. The van der Waals surface area contributed by atoms with Gasteiger partial charge in [-0.3, -0.25) is 10.1 Å². The number of H-pyrrole nitrogens is 1. The van der Waals surface area contributed by atoms with Crippen LogP contribution in [0.5, 0.6) is 0 Å². The van der Waals surface area contributed by atoms with E-state index >= 15 is 0 Å². The molecule has 0 bridgehead atoms. The van der Waals surface area contributed by atoms with E-state index in [9.17, 15) is 0 Å². The molecule has 140 valence electrons. The highest BCUT2D eigenvalue weighted by atomic mass is 127. The summed E-state index contributed by atoms with van der Waals surface area (Å²) in [6, 6.07) is 0.473. The minimum atomic E-state index is 0. The fourth-order valence-electron chi connectivity index (χ4n) is 2.59. The predicted molar refractivity (Wildman–Crippen MR) is 114 cm³/mol. The average Bonchev–Trinajstić information content (AvgIpc) is 2.93. The van der Waals surface area contributed by atoms with Crippen molar-refractivity contribution in [2.45, 2.75) is 78.7 Å². The molecule has 5 nitrogen and oxygen atoms in total. The molecular formula is C18H36IN5. The molecule has 0 aliphatic heterocycles. The van der Waals surface area contributed by atoms with E-state index in [1.807, 2.05) is 6.20 Å². The van der Waals surface area contributed by atoms with Crippen LogP contribution in [0.15, 0.2) is 11.2 Å². The number of hydrogen-bond acceptors (Lipinski definition) is 2. The Balaban J connectivity index is 0.00000529. The number of aliphatic imine (C=N–C) groups is 1. The number of unbranched alkanes of at least 4 members (excludes halogenated alkanes) is 3. The Hall–Kier alpha value is -0.790. The van der Waals surface area contributed by atoms with Crippen molar-refractivity contribution in [1.29, 1.82) is 0 Å². The first kappa shape index (κ1) is 23.2. The third-order valence-corrected chi connectivity index (χ3v) is 4.03. The molecule has 1 aromatic rings. The minimum absolute atomic E-state index is 0. The van der Waals surface area contributed by atoms with Gasteiger partial charge in [-0.15, -0.1) is 24.0 Å². The van der Waals surface area contributed by atoms with Crippen molar-refractivity contribution < 1.29 is 0 Å². The summed E-state index contributed by atoms with van der Waals surface area (Å²) in [6.07, 6.45) is 10.5. The van der Waals surface area contributed by atoms with Gasteiger partial charge in [0.2, 0.25) is 0 Å². The van der Waals surface area contributed by atoms with Crippen LogP contribution in [0.25, 0.3) is 0 Å². The Morgan fingerprint density at radius 2 is 2.04 bits per heavy atom. The number of aryl methyl sites for hydroxylation is 2. The lowest BCUT2D eigenvalue weighted by Gasteiger charge is -2.17. The molecule has 24 heavy (non-hydrogen) atoms. The number of aromatic amines is 1. The fourth-order valence-corrected chi connectivity index (χ4v) is 2.59. The van der Waals surface area contributed by atoms with Gasteiger partial charge in [-0.25, -0.2) is 0 Å². The molecule has 1 aromatic heterocycles. The maximum Gasteiger partial charge on any atom is 0.191 e. The van der Waals surface area contributed by atoms with Crippen molar-refractivity contribution >= 4 is 29.9 Å². The molecule has 0 amide bonds. The second-order valence-electron chi connectivity index (χ2n) is 6.28. The highest BCUT2D eigenvalue weighted by molar-refractivity contribution is 14.0. The van der Waals surface area contributed by atoms with E-state index in [2.05, 4.69) is 48.5 Å². The number of aromatic nitrogens is 2. The van der Waals surface area contributed by atoms with E-state index in [1.165, 1.54) is 43.4 Å². The number of rotatable bonds is 11. The van der Waals surface area contributed by atoms with Gasteiger partial charge in [-0.1, -0.05) is 32.6 Å².